The number of benzene rings is 1. The lowest BCUT2D eigenvalue weighted by molar-refractivity contribution is -0.126. The van der Waals surface area contributed by atoms with Gasteiger partial charge in [-0.3, -0.25) is 9.59 Å². The number of nitrogens with zero attached hydrogens (tertiary/aromatic N) is 3. The number of aromatic nitrogens is 2. The summed E-state index contributed by atoms with van der Waals surface area (Å²) in [4.78, 5) is 26.5. The van der Waals surface area contributed by atoms with E-state index in [2.05, 4.69) is 15.5 Å². The normalized spacial score (nSPS) is 15.0. The predicted octanol–water partition coefficient (Wildman–Crippen LogP) is 2.75. The average molecular weight is 409 g/mol. The van der Waals surface area contributed by atoms with E-state index >= 15 is 0 Å². The Labute approximate surface area is 165 Å². The van der Waals surface area contributed by atoms with E-state index in [1.807, 2.05) is 6.92 Å². The molecule has 3 rings (SSSR count). The summed E-state index contributed by atoms with van der Waals surface area (Å²) in [7, 11) is 0. The Balaban J connectivity index is 1.38. The van der Waals surface area contributed by atoms with Crippen LogP contribution in [0, 0.1) is 18.7 Å². The van der Waals surface area contributed by atoms with Gasteiger partial charge in [-0.15, -0.1) is 10.2 Å². The summed E-state index contributed by atoms with van der Waals surface area (Å²) in [6, 6.07) is 5.56. The summed E-state index contributed by atoms with van der Waals surface area (Å²) in [6.07, 6.45) is 1.28. The zero-order valence-electron chi connectivity index (χ0n) is 15.0. The van der Waals surface area contributed by atoms with Crippen LogP contribution < -0.4 is 5.32 Å². The van der Waals surface area contributed by atoms with Crippen molar-refractivity contribution in [2.75, 3.05) is 25.4 Å². The maximum Gasteiger partial charge on any atom is 0.253 e. The molecule has 2 amide bonds. The Morgan fingerprint density at radius 2 is 1.96 bits per heavy atom. The third-order valence-corrected chi connectivity index (χ3v) is 6.35. The van der Waals surface area contributed by atoms with Gasteiger partial charge < -0.3 is 10.2 Å². The highest BCUT2D eigenvalue weighted by Gasteiger charge is 2.27. The molecule has 9 heteroatoms. The summed E-state index contributed by atoms with van der Waals surface area (Å²) >= 11 is 3.13. The molecule has 2 heterocycles. The number of carbonyl (C=O) groups is 2. The molecule has 0 aliphatic carbocycles. The fraction of sp³-hybridized carbons (Fsp3) is 0.444. The number of hydrogen-bond acceptors (Lipinski definition) is 6. The van der Waals surface area contributed by atoms with Gasteiger partial charge in [0.1, 0.15) is 10.8 Å². The van der Waals surface area contributed by atoms with Gasteiger partial charge in [0, 0.05) is 36.9 Å². The van der Waals surface area contributed by atoms with Gasteiger partial charge in [0.15, 0.2) is 4.34 Å². The van der Waals surface area contributed by atoms with Crippen molar-refractivity contribution < 1.29 is 14.0 Å². The van der Waals surface area contributed by atoms with Crippen LogP contribution in [0.3, 0.4) is 0 Å². The molecule has 1 aliphatic heterocycles. The second kappa shape index (κ2) is 9.27. The number of likely N-dealkylation sites (tertiary alicyclic amines) is 1. The molecule has 0 atom stereocenters. The maximum absolute atomic E-state index is 13.0. The highest BCUT2D eigenvalue weighted by molar-refractivity contribution is 8.01. The van der Waals surface area contributed by atoms with Gasteiger partial charge in [-0.25, -0.2) is 4.39 Å². The Kier molecular flexibility index (Phi) is 6.78. The molecule has 0 unspecified atom stereocenters. The minimum absolute atomic E-state index is 0.0397. The molecule has 6 nitrogen and oxygen atoms in total. The number of hydrogen-bond donors (Lipinski definition) is 1. The van der Waals surface area contributed by atoms with Crippen LogP contribution in [0.4, 0.5) is 4.39 Å². The first kappa shape index (κ1) is 19.8. The molecular weight excluding hydrogens is 387 g/mol. The lowest BCUT2D eigenvalue weighted by atomic mass is 9.95. The SMILES string of the molecule is Cc1nnc(SCCNC(=O)C2CCN(C(=O)c3ccc(F)cc3)CC2)s1. The van der Waals surface area contributed by atoms with Crippen LogP contribution in [0.2, 0.25) is 0 Å². The number of amides is 2. The van der Waals surface area contributed by atoms with E-state index in [9.17, 15) is 14.0 Å². The van der Waals surface area contributed by atoms with E-state index in [0.29, 0.717) is 38.0 Å². The number of carbonyl (C=O) groups excluding carboxylic acids is 2. The van der Waals surface area contributed by atoms with Gasteiger partial charge in [-0.2, -0.15) is 0 Å². The first-order valence-electron chi connectivity index (χ1n) is 8.78. The quantitative estimate of drug-likeness (QED) is 0.588. The van der Waals surface area contributed by atoms with Gasteiger partial charge in [0.05, 0.1) is 0 Å². The van der Waals surface area contributed by atoms with Crippen molar-refractivity contribution in [2.24, 2.45) is 5.92 Å². The van der Waals surface area contributed by atoms with Crippen LogP contribution in [-0.2, 0) is 4.79 Å². The van der Waals surface area contributed by atoms with Crippen LogP contribution in [0.25, 0.3) is 0 Å². The van der Waals surface area contributed by atoms with Gasteiger partial charge in [-0.05, 0) is 44.0 Å². The van der Waals surface area contributed by atoms with Crippen LogP contribution >= 0.6 is 23.1 Å². The van der Waals surface area contributed by atoms with Gasteiger partial charge in [-0.1, -0.05) is 23.1 Å². The first-order chi connectivity index (χ1) is 13.0. The molecule has 27 heavy (non-hydrogen) atoms. The van der Waals surface area contributed by atoms with Crippen molar-refractivity contribution in [1.29, 1.82) is 0 Å². The topological polar surface area (TPSA) is 75.2 Å². The second-order valence-electron chi connectivity index (χ2n) is 6.30. The minimum Gasteiger partial charge on any atom is -0.355 e. The molecule has 1 aliphatic rings. The van der Waals surface area contributed by atoms with Crippen molar-refractivity contribution in [3.63, 3.8) is 0 Å². The summed E-state index contributed by atoms with van der Waals surface area (Å²) < 4.78 is 13.9. The van der Waals surface area contributed by atoms with Gasteiger partial charge >= 0.3 is 0 Å². The summed E-state index contributed by atoms with van der Waals surface area (Å²) in [5.41, 5.74) is 0.475. The van der Waals surface area contributed by atoms with Crippen LogP contribution in [0.1, 0.15) is 28.2 Å². The lowest BCUT2D eigenvalue weighted by Gasteiger charge is -2.31. The third-order valence-electron chi connectivity index (χ3n) is 4.38. The predicted molar refractivity (Wildman–Crippen MR) is 103 cm³/mol. The summed E-state index contributed by atoms with van der Waals surface area (Å²) in [5.74, 6) is 0.246. The summed E-state index contributed by atoms with van der Waals surface area (Å²) in [5, 5.41) is 11.9. The van der Waals surface area contributed by atoms with E-state index in [0.717, 1.165) is 15.1 Å². The molecule has 2 aromatic rings. The average Bonchev–Trinajstić information content (AvgIpc) is 3.10. The number of thioether (sulfide) groups is 1. The van der Waals surface area contributed by atoms with Crippen molar-refractivity contribution in [2.45, 2.75) is 24.1 Å². The largest absolute Gasteiger partial charge is 0.355 e. The zero-order valence-corrected chi connectivity index (χ0v) is 16.6. The van der Waals surface area contributed by atoms with E-state index in [4.69, 9.17) is 0 Å². The molecule has 0 spiro atoms. The minimum atomic E-state index is -0.360. The molecular formula is C18H21FN4O2S2. The number of halogens is 1. The molecule has 1 N–H and O–H groups in total. The van der Waals surface area contributed by atoms with Crippen molar-refractivity contribution in [1.82, 2.24) is 20.4 Å². The molecule has 1 saturated heterocycles. The third kappa shape index (κ3) is 5.49. The summed E-state index contributed by atoms with van der Waals surface area (Å²) in [6.45, 7) is 3.56. The molecule has 1 aromatic carbocycles. The van der Waals surface area contributed by atoms with Gasteiger partial charge in [0.25, 0.3) is 5.91 Å². The van der Waals surface area contributed by atoms with E-state index in [-0.39, 0.29) is 23.5 Å². The van der Waals surface area contributed by atoms with Crippen LogP contribution in [0.15, 0.2) is 28.6 Å². The molecule has 0 bridgehead atoms. The van der Waals surface area contributed by atoms with Crippen molar-refractivity contribution in [3.05, 3.63) is 40.7 Å². The Hall–Kier alpha value is -2.00. The van der Waals surface area contributed by atoms with Crippen molar-refractivity contribution >= 4 is 34.9 Å². The Morgan fingerprint density at radius 3 is 2.59 bits per heavy atom. The molecule has 144 valence electrons. The van der Waals surface area contributed by atoms with E-state index in [1.165, 1.54) is 24.3 Å². The second-order valence-corrected chi connectivity index (χ2v) is 8.82. The van der Waals surface area contributed by atoms with Crippen LogP contribution in [-0.4, -0.2) is 52.3 Å². The zero-order chi connectivity index (χ0) is 19.2. The molecule has 1 aromatic heterocycles. The number of rotatable bonds is 6. The number of nitrogens with one attached hydrogen (secondary N) is 1. The van der Waals surface area contributed by atoms with E-state index < -0.39 is 0 Å². The molecule has 1 fully saturated rings. The smallest absolute Gasteiger partial charge is 0.253 e. The monoisotopic (exact) mass is 408 g/mol. The Morgan fingerprint density at radius 1 is 1.26 bits per heavy atom. The molecule has 0 saturated carbocycles. The fourth-order valence-corrected chi connectivity index (χ4v) is 4.65. The lowest BCUT2D eigenvalue weighted by Crippen LogP contribution is -2.43. The van der Waals surface area contributed by atoms with Crippen LogP contribution in [0.5, 0.6) is 0 Å². The van der Waals surface area contributed by atoms with Crippen molar-refractivity contribution in [3.8, 4) is 0 Å². The highest BCUT2D eigenvalue weighted by Crippen LogP contribution is 2.22. The molecule has 0 radical (unpaired) electrons. The Bertz CT molecular complexity index is 789. The highest BCUT2D eigenvalue weighted by atomic mass is 32.2. The number of piperidine rings is 1. The maximum atomic E-state index is 13.0. The first-order valence-corrected chi connectivity index (χ1v) is 10.6. The van der Waals surface area contributed by atoms with Gasteiger partial charge in [0.2, 0.25) is 5.91 Å². The fourth-order valence-electron chi connectivity index (χ4n) is 2.91. The number of aryl methyl sites for hydroxylation is 1. The standard InChI is InChI=1S/C18H21FN4O2S2/c1-12-21-22-18(27-12)26-11-8-20-16(24)13-6-9-23(10-7-13)17(25)14-2-4-15(19)5-3-14/h2-5,13H,6-11H2,1H3,(H,20,24). The van der Waals surface area contributed by atoms with E-state index in [1.54, 1.807) is 28.0 Å².